The molecule has 0 spiro atoms. The number of rotatable bonds is 6. The minimum absolute atomic E-state index is 0. The van der Waals surface area contributed by atoms with E-state index in [2.05, 4.69) is 57.2 Å². The Labute approximate surface area is 133 Å². The molecule has 0 radical (unpaired) electrons. The van der Waals surface area contributed by atoms with Gasteiger partial charge in [-0.15, -0.1) is 23.7 Å². The average molecular weight is 362 g/mol. The van der Waals surface area contributed by atoms with E-state index in [1.54, 1.807) is 11.3 Å². The molecule has 0 fully saturated rings. The van der Waals surface area contributed by atoms with E-state index in [9.17, 15) is 0 Å². The molecule has 1 heterocycles. The summed E-state index contributed by atoms with van der Waals surface area (Å²) in [5.74, 6) is 0. The number of halogens is 2. The van der Waals surface area contributed by atoms with Gasteiger partial charge in [-0.3, -0.25) is 4.90 Å². The number of thiophene rings is 1. The lowest BCUT2D eigenvalue weighted by Gasteiger charge is -2.20. The highest BCUT2D eigenvalue weighted by Gasteiger charge is 2.07. The van der Waals surface area contributed by atoms with Crippen molar-refractivity contribution in [2.45, 2.75) is 13.1 Å². The number of benzene rings is 1. The lowest BCUT2D eigenvalue weighted by atomic mass is 10.2. The zero-order valence-corrected chi connectivity index (χ0v) is 13.8. The summed E-state index contributed by atoms with van der Waals surface area (Å²) in [5.41, 5.74) is 7.03. The molecule has 2 N–H and O–H groups in total. The molecule has 2 nitrogen and oxygen atoms in total. The average Bonchev–Trinajstić information content (AvgIpc) is 2.76. The maximum atomic E-state index is 5.69. The van der Waals surface area contributed by atoms with Gasteiger partial charge in [-0.05, 0) is 33.6 Å². The fourth-order valence-corrected chi connectivity index (χ4v) is 3.42. The maximum absolute atomic E-state index is 5.69. The van der Waals surface area contributed by atoms with Gasteiger partial charge in [0.15, 0.2) is 0 Å². The van der Waals surface area contributed by atoms with E-state index in [4.69, 9.17) is 5.73 Å². The molecule has 0 unspecified atom stereocenters. The Morgan fingerprint density at radius 1 is 1.05 bits per heavy atom. The highest BCUT2D eigenvalue weighted by atomic mass is 79.9. The molecule has 19 heavy (non-hydrogen) atoms. The van der Waals surface area contributed by atoms with Crippen LogP contribution < -0.4 is 5.73 Å². The second-order valence-corrected chi connectivity index (χ2v) is 6.74. The van der Waals surface area contributed by atoms with Crippen LogP contribution in [0, 0.1) is 0 Å². The first-order chi connectivity index (χ1) is 8.78. The Balaban J connectivity index is 0.00000180. The zero-order valence-electron chi connectivity index (χ0n) is 10.6. The van der Waals surface area contributed by atoms with Crippen LogP contribution in [0.3, 0.4) is 0 Å². The monoisotopic (exact) mass is 360 g/mol. The van der Waals surface area contributed by atoms with Gasteiger partial charge in [-0.2, -0.15) is 0 Å². The number of hydrogen-bond acceptors (Lipinski definition) is 3. The molecule has 104 valence electrons. The Hall–Kier alpha value is -0.390. The summed E-state index contributed by atoms with van der Waals surface area (Å²) in [6, 6.07) is 14.8. The van der Waals surface area contributed by atoms with E-state index in [1.165, 1.54) is 14.2 Å². The van der Waals surface area contributed by atoms with Gasteiger partial charge < -0.3 is 5.73 Å². The van der Waals surface area contributed by atoms with Gasteiger partial charge in [0.1, 0.15) is 0 Å². The fraction of sp³-hybridized carbons (Fsp3) is 0.286. The molecule has 0 aliphatic carbocycles. The summed E-state index contributed by atoms with van der Waals surface area (Å²) in [5, 5.41) is 0. The minimum atomic E-state index is 0. The fourth-order valence-electron chi connectivity index (χ4n) is 1.90. The van der Waals surface area contributed by atoms with Gasteiger partial charge in [0, 0.05) is 31.1 Å². The molecular weight excluding hydrogens is 344 g/mol. The molecular formula is C14H18BrClN2S. The molecule has 0 saturated carbocycles. The molecule has 2 rings (SSSR count). The van der Waals surface area contributed by atoms with Gasteiger partial charge >= 0.3 is 0 Å². The van der Waals surface area contributed by atoms with Crippen molar-refractivity contribution in [3.8, 4) is 0 Å². The van der Waals surface area contributed by atoms with Gasteiger partial charge in [0.25, 0.3) is 0 Å². The second kappa shape index (κ2) is 8.72. The molecule has 1 aromatic carbocycles. The van der Waals surface area contributed by atoms with Crippen molar-refractivity contribution in [1.82, 2.24) is 4.90 Å². The Morgan fingerprint density at radius 2 is 1.79 bits per heavy atom. The molecule has 5 heteroatoms. The Morgan fingerprint density at radius 3 is 2.37 bits per heavy atom. The number of hydrogen-bond donors (Lipinski definition) is 1. The van der Waals surface area contributed by atoms with Crippen molar-refractivity contribution in [2.24, 2.45) is 5.73 Å². The standard InChI is InChI=1S/C14H17BrN2S.ClH/c15-14-7-6-13(18-14)11-17(9-8-16)10-12-4-2-1-3-5-12;/h1-7H,8-11,16H2;1H. The van der Waals surface area contributed by atoms with Gasteiger partial charge in [0.2, 0.25) is 0 Å². The molecule has 0 aliphatic heterocycles. The quantitative estimate of drug-likeness (QED) is 0.845. The van der Waals surface area contributed by atoms with Crippen LogP contribution in [0.25, 0.3) is 0 Å². The smallest absolute Gasteiger partial charge is 0.0701 e. The van der Waals surface area contributed by atoms with Crippen molar-refractivity contribution in [3.05, 3.63) is 56.7 Å². The third-order valence-corrected chi connectivity index (χ3v) is 4.31. The van der Waals surface area contributed by atoms with E-state index in [-0.39, 0.29) is 12.4 Å². The van der Waals surface area contributed by atoms with Crippen LogP contribution in [0.5, 0.6) is 0 Å². The summed E-state index contributed by atoms with van der Waals surface area (Å²) in [6.07, 6.45) is 0. The third kappa shape index (κ3) is 5.63. The molecule has 0 saturated heterocycles. The molecule has 1 aromatic heterocycles. The first-order valence-electron chi connectivity index (χ1n) is 5.98. The number of nitrogens with zero attached hydrogens (tertiary/aromatic N) is 1. The normalized spacial score (nSPS) is 10.5. The van der Waals surface area contributed by atoms with Gasteiger partial charge in [-0.1, -0.05) is 30.3 Å². The Kier molecular flexibility index (Phi) is 7.64. The summed E-state index contributed by atoms with van der Waals surface area (Å²) >= 11 is 5.29. The molecule has 0 atom stereocenters. The zero-order chi connectivity index (χ0) is 12.8. The third-order valence-electron chi connectivity index (χ3n) is 2.70. The van der Waals surface area contributed by atoms with E-state index in [1.807, 2.05) is 6.07 Å². The van der Waals surface area contributed by atoms with Gasteiger partial charge in [-0.25, -0.2) is 0 Å². The van der Waals surface area contributed by atoms with Gasteiger partial charge in [0.05, 0.1) is 3.79 Å². The lowest BCUT2D eigenvalue weighted by Crippen LogP contribution is -2.28. The van der Waals surface area contributed by atoms with E-state index < -0.39 is 0 Å². The second-order valence-electron chi connectivity index (χ2n) is 4.19. The van der Waals surface area contributed by atoms with Crippen molar-refractivity contribution in [2.75, 3.05) is 13.1 Å². The predicted octanol–water partition coefficient (Wildman–Crippen LogP) is 3.89. The summed E-state index contributed by atoms with van der Waals surface area (Å²) in [6.45, 7) is 3.53. The number of nitrogens with two attached hydrogens (primary N) is 1. The van der Waals surface area contributed by atoms with Crippen molar-refractivity contribution in [3.63, 3.8) is 0 Å². The predicted molar refractivity (Wildman–Crippen MR) is 88.9 cm³/mol. The minimum Gasteiger partial charge on any atom is -0.329 e. The first-order valence-corrected chi connectivity index (χ1v) is 7.59. The summed E-state index contributed by atoms with van der Waals surface area (Å²) in [7, 11) is 0. The molecule has 2 aromatic rings. The van der Waals surface area contributed by atoms with E-state index >= 15 is 0 Å². The van der Waals surface area contributed by atoms with Crippen molar-refractivity contribution in [1.29, 1.82) is 0 Å². The Bertz CT molecular complexity index is 475. The molecule has 0 aliphatic rings. The van der Waals surface area contributed by atoms with Crippen molar-refractivity contribution >= 4 is 39.7 Å². The van der Waals surface area contributed by atoms with Crippen molar-refractivity contribution < 1.29 is 0 Å². The summed E-state index contributed by atoms with van der Waals surface area (Å²) < 4.78 is 1.19. The van der Waals surface area contributed by atoms with Crippen LogP contribution in [0.2, 0.25) is 0 Å². The van der Waals surface area contributed by atoms with Crippen LogP contribution in [-0.2, 0) is 13.1 Å². The topological polar surface area (TPSA) is 29.3 Å². The van der Waals surface area contributed by atoms with Crippen LogP contribution in [-0.4, -0.2) is 18.0 Å². The van der Waals surface area contributed by atoms with E-state index in [0.717, 1.165) is 19.6 Å². The lowest BCUT2D eigenvalue weighted by molar-refractivity contribution is 0.267. The van der Waals surface area contributed by atoms with Crippen LogP contribution in [0.4, 0.5) is 0 Å². The molecule has 0 bridgehead atoms. The van der Waals surface area contributed by atoms with Crippen LogP contribution in [0.15, 0.2) is 46.3 Å². The SMILES string of the molecule is Cl.NCCN(Cc1ccccc1)Cc1ccc(Br)s1. The highest BCUT2D eigenvalue weighted by Crippen LogP contribution is 2.23. The highest BCUT2D eigenvalue weighted by molar-refractivity contribution is 9.11. The first kappa shape index (κ1) is 16.7. The van der Waals surface area contributed by atoms with Crippen LogP contribution >= 0.6 is 39.7 Å². The maximum Gasteiger partial charge on any atom is 0.0701 e. The van der Waals surface area contributed by atoms with E-state index in [0.29, 0.717) is 6.54 Å². The largest absolute Gasteiger partial charge is 0.329 e. The summed E-state index contributed by atoms with van der Waals surface area (Å²) in [4.78, 5) is 3.75. The molecule has 0 amide bonds. The van der Waals surface area contributed by atoms with Crippen LogP contribution in [0.1, 0.15) is 10.4 Å².